The van der Waals surface area contributed by atoms with E-state index in [1.165, 1.54) is 5.56 Å². The van der Waals surface area contributed by atoms with Crippen LogP contribution < -0.4 is 5.32 Å². The first-order valence-corrected chi connectivity index (χ1v) is 6.35. The Morgan fingerprint density at radius 3 is 2.47 bits per heavy atom. The molecule has 1 aromatic rings. The molecule has 3 heteroatoms. The zero-order valence-corrected chi connectivity index (χ0v) is 10.5. The lowest BCUT2D eigenvalue weighted by atomic mass is 10.0. The SMILES string of the molecule is CCCC(CCO)CNCc1ccc(O)cc1. The van der Waals surface area contributed by atoms with Crippen molar-refractivity contribution in [1.82, 2.24) is 5.32 Å². The summed E-state index contributed by atoms with van der Waals surface area (Å²) < 4.78 is 0. The van der Waals surface area contributed by atoms with Crippen LogP contribution in [0.5, 0.6) is 5.75 Å². The van der Waals surface area contributed by atoms with E-state index >= 15 is 0 Å². The van der Waals surface area contributed by atoms with Crippen molar-refractivity contribution >= 4 is 0 Å². The zero-order chi connectivity index (χ0) is 12.5. The van der Waals surface area contributed by atoms with Gasteiger partial charge in [-0.3, -0.25) is 0 Å². The first-order chi connectivity index (χ1) is 8.26. The minimum Gasteiger partial charge on any atom is -0.508 e. The standard InChI is InChI=1S/C14H23NO2/c1-2-3-12(8-9-16)10-15-11-13-4-6-14(17)7-5-13/h4-7,12,15-17H,2-3,8-11H2,1H3. The summed E-state index contributed by atoms with van der Waals surface area (Å²) in [6.45, 7) is 4.19. The van der Waals surface area contributed by atoms with Gasteiger partial charge in [0.05, 0.1) is 0 Å². The van der Waals surface area contributed by atoms with E-state index in [-0.39, 0.29) is 6.61 Å². The molecule has 0 bridgehead atoms. The van der Waals surface area contributed by atoms with Crippen molar-refractivity contribution in [2.45, 2.75) is 32.7 Å². The molecule has 96 valence electrons. The summed E-state index contributed by atoms with van der Waals surface area (Å²) >= 11 is 0. The summed E-state index contributed by atoms with van der Waals surface area (Å²) in [7, 11) is 0. The molecule has 0 heterocycles. The Labute approximate surface area is 103 Å². The van der Waals surface area contributed by atoms with Crippen LogP contribution in [-0.4, -0.2) is 23.4 Å². The predicted octanol–water partition coefficient (Wildman–Crippen LogP) is 2.28. The van der Waals surface area contributed by atoms with Gasteiger partial charge in [-0.15, -0.1) is 0 Å². The van der Waals surface area contributed by atoms with Crippen LogP contribution in [0.3, 0.4) is 0 Å². The maximum Gasteiger partial charge on any atom is 0.115 e. The Balaban J connectivity index is 2.27. The summed E-state index contributed by atoms with van der Waals surface area (Å²) in [6.07, 6.45) is 3.19. The quantitative estimate of drug-likeness (QED) is 0.650. The third kappa shape index (κ3) is 5.71. The van der Waals surface area contributed by atoms with Crippen molar-refractivity contribution in [3.8, 4) is 5.75 Å². The minimum atomic E-state index is 0.269. The lowest BCUT2D eigenvalue weighted by Gasteiger charge is -2.15. The molecule has 0 aliphatic rings. The fourth-order valence-electron chi connectivity index (χ4n) is 1.97. The highest BCUT2D eigenvalue weighted by atomic mass is 16.3. The van der Waals surface area contributed by atoms with Crippen LogP contribution in [-0.2, 0) is 6.54 Å². The zero-order valence-electron chi connectivity index (χ0n) is 10.5. The fourth-order valence-corrected chi connectivity index (χ4v) is 1.97. The second kappa shape index (κ2) is 8.09. The number of hydrogen-bond donors (Lipinski definition) is 3. The monoisotopic (exact) mass is 237 g/mol. The van der Waals surface area contributed by atoms with Gasteiger partial charge >= 0.3 is 0 Å². The minimum absolute atomic E-state index is 0.269. The third-order valence-electron chi connectivity index (χ3n) is 2.93. The maximum absolute atomic E-state index is 9.16. The van der Waals surface area contributed by atoms with Crippen molar-refractivity contribution in [3.63, 3.8) is 0 Å². The van der Waals surface area contributed by atoms with Gasteiger partial charge in [0.15, 0.2) is 0 Å². The summed E-state index contributed by atoms with van der Waals surface area (Å²) in [4.78, 5) is 0. The Morgan fingerprint density at radius 2 is 1.88 bits per heavy atom. The summed E-state index contributed by atoms with van der Waals surface area (Å²) in [5.41, 5.74) is 1.17. The van der Waals surface area contributed by atoms with Gasteiger partial charge in [0, 0.05) is 13.2 Å². The molecule has 0 fully saturated rings. The van der Waals surface area contributed by atoms with E-state index in [0.717, 1.165) is 32.4 Å². The second-order valence-corrected chi connectivity index (χ2v) is 4.46. The molecule has 1 atom stereocenters. The Hall–Kier alpha value is -1.06. The maximum atomic E-state index is 9.16. The lowest BCUT2D eigenvalue weighted by Crippen LogP contribution is -2.23. The van der Waals surface area contributed by atoms with Crippen LogP contribution in [0.1, 0.15) is 31.7 Å². The highest BCUT2D eigenvalue weighted by molar-refractivity contribution is 5.25. The summed E-state index contributed by atoms with van der Waals surface area (Å²) in [6, 6.07) is 7.24. The van der Waals surface area contributed by atoms with Gasteiger partial charge in [-0.05, 0) is 43.0 Å². The highest BCUT2D eigenvalue weighted by Crippen LogP contribution is 2.11. The average Bonchev–Trinajstić information content (AvgIpc) is 2.32. The van der Waals surface area contributed by atoms with E-state index in [9.17, 15) is 0 Å². The Kier molecular flexibility index (Phi) is 6.67. The van der Waals surface area contributed by atoms with Crippen LogP contribution in [0.4, 0.5) is 0 Å². The van der Waals surface area contributed by atoms with E-state index in [1.54, 1.807) is 12.1 Å². The molecule has 0 radical (unpaired) electrons. The summed E-state index contributed by atoms with van der Waals surface area (Å²) in [5.74, 6) is 0.861. The molecule has 0 saturated heterocycles. The van der Waals surface area contributed by atoms with Crippen LogP contribution in [0.25, 0.3) is 0 Å². The van der Waals surface area contributed by atoms with Gasteiger partial charge in [-0.1, -0.05) is 25.5 Å². The van der Waals surface area contributed by atoms with Gasteiger partial charge in [-0.25, -0.2) is 0 Å². The largest absolute Gasteiger partial charge is 0.508 e. The van der Waals surface area contributed by atoms with Crippen molar-refractivity contribution in [2.24, 2.45) is 5.92 Å². The topological polar surface area (TPSA) is 52.5 Å². The number of rotatable bonds is 8. The van der Waals surface area contributed by atoms with E-state index in [1.807, 2.05) is 12.1 Å². The number of benzene rings is 1. The number of phenols is 1. The molecule has 1 rings (SSSR count). The lowest BCUT2D eigenvalue weighted by molar-refractivity contribution is 0.248. The average molecular weight is 237 g/mol. The van der Waals surface area contributed by atoms with Gasteiger partial charge in [0.2, 0.25) is 0 Å². The number of aromatic hydroxyl groups is 1. The molecule has 0 spiro atoms. The smallest absolute Gasteiger partial charge is 0.115 e. The van der Waals surface area contributed by atoms with Crippen LogP contribution in [0.2, 0.25) is 0 Å². The van der Waals surface area contributed by atoms with Gasteiger partial charge in [0.1, 0.15) is 5.75 Å². The molecule has 17 heavy (non-hydrogen) atoms. The van der Waals surface area contributed by atoms with E-state index < -0.39 is 0 Å². The molecule has 3 N–H and O–H groups in total. The highest BCUT2D eigenvalue weighted by Gasteiger charge is 2.06. The number of hydrogen-bond acceptors (Lipinski definition) is 3. The molecular formula is C14H23NO2. The third-order valence-corrected chi connectivity index (χ3v) is 2.93. The molecular weight excluding hydrogens is 214 g/mol. The van der Waals surface area contributed by atoms with Gasteiger partial charge in [-0.2, -0.15) is 0 Å². The van der Waals surface area contributed by atoms with Crippen molar-refractivity contribution in [2.75, 3.05) is 13.2 Å². The van der Waals surface area contributed by atoms with Gasteiger partial charge < -0.3 is 15.5 Å². The molecule has 3 nitrogen and oxygen atoms in total. The first-order valence-electron chi connectivity index (χ1n) is 6.35. The van der Waals surface area contributed by atoms with Crippen LogP contribution >= 0.6 is 0 Å². The molecule has 0 saturated carbocycles. The second-order valence-electron chi connectivity index (χ2n) is 4.46. The normalized spacial score (nSPS) is 12.6. The Morgan fingerprint density at radius 1 is 1.18 bits per heavy atom. The Bertz CT molecular complexity index is 292. The molecule has 0 amide bonds. The van der Waals surface area contributed by atoms with E-state index in [0.29, 0.717) is 11.7 Å². The molecule has 0 aliphatic heterocycles. The van der Waals surface area contributed by atoms with E-state index in [4.69, 9.17) is 10.2 Å². The van der Waals surface area contributed by atoms with Gasteiger partial charge in [0.25, 0.3) is 0 Å². The molecule has 1 unspecified atom stereocenters. The molecule has 1 aromatic carbocycles. The van der Waals surface area contributed by atoms with Crippen LogP contribution in [0, 0.1) is 5.92 Å². The van der Waals surface area contributed by atoms with E-state index in [2.05, 4.69) is 12.2 Å². The fraction of sp³-hybridized carbons (Fsp3) is 0.571. The number of nitrogens with one attached hydrogen (secondary N) is 1. The number of aliphatic hydroxyl groups excluding tert-OH is 1. The van der Waals surface area contributed by atoms with Crippen molar-refractivity contribution < 1.29 is 10.2 Å². The van der Waals surface area contributed by atoms with Crippen molar-refractivity contribution in [3.05, 3.63) is 29.8 Å². The number of phenolic OH excluding ortho intramolecular Hbond substituents is 1. The summed E-state index contributed by atoms with van der Waals surface area (Å²) in [5, 5.41) is 21.5. The molecule has 0 aliphatic carbocycles. The predicted molar refractivity (Wildman–Crippen MR) is 69.9 cm³/mol. The van der Waals surface area contributed by atoms with Crippen LogP contribution in [0.15, 0.2) is 24.3 Å². The number of aliphatic hydroxyl groups is 1. The van der Waals surface area contributed by atoms with Crippen molar-refractivity contribution in [1.29, 1.82) is 0 Å². The molecule has 0 aromatic heterocycles. The first kappa shape index (κ1) is 14.0.